The second kappa shape index (κ2) is 6.86. The fourth-order valence-corrected chi connectivity index (χ4v) is 2.23. The largest absolute Gasteiger partial charge is 0.417 e. The van der Waals surface area contributed by atoms with Gasteiger partial charge in [0.1, 0.15) is 0 Å². The summed E-state index contributed by atoms with van der Waals surface area (Å²) in [5.74, 6) is -0.330. The van der Waals surface area contributed by atoms with E-state index in [1.165, 1.54) is 23.8 Å². The van der Waals surface area contributed by atoms with E-state index in [0.29, 0.717) is 5.92 Å². The zero-order valence-electron chi connectivity index (χ0n) is 12.9. The molecule has 0 aromatic heterocycles. The molecular formula is C18H18F3NO. The van der Waals surface area contributed by atoms with E-state index in [9.17, 15) is 18.0 Å². The molecule has 2 aromatic carbocycles. The lowest BCUT2D eigenvalue weighted by atomic mass is 10.0. The van der Waals surface area contributed by atoms with Crippen molar-refractivity contribution in [3.63, 3.8) is 0 Å². The number of hydrogen-bond donors (Lipinski definition) is 1. The highest BCUT2D eigenvalue weighted by atomic mass is 19.4. The summed E-state index contributed by atoms with van der Waals surface area (Å²) in [6.45, 7) is 4.33. The van der Waals surface area contributed by atoms with Gasteiger partial charge in [0.25, 0.3) is 5.91 Å². The van der Waals surface area contributed by atoms with Gasteiger partial charge in [-0.3, -0.25) is 4.79 Å². The van der Waals surface area contributed by atoms with Crippen molar-refractivity contribution in [2.24, 2.45) is 0 Å². The molecule has 2 aromatic rings. The minimum atomic E-state index is -4.55. The minimum Gasteiger partial charge on any atom is -0.348 e. The first-order chi connectivity index (χ1) is 10.8. The van der Waals surface area contributed by atoms with E-state index in [0.717, 1.165) is 11.6 Å². The van der Waals surface area contributed by atoms with Gasteiger partial charge in [-0.2, -0.15) is 13.2 Å². The molecule has 0 aliphatic carbocycles. The van der Waals surface area contributed by atoms with E-state index in [1.54, 1.807) is 0 Å². The molecule has 1 N–H and O–H groups in total. The summed E-state index contributed by atoms with van der Waals surface area (Å²) in [4.78, 5) is 12.0. The van der Waals surface area contributed by atoms with Gasteiger partial charge in [0.05, 0.1) is 11.1 Å². The Morgan fingerprint density at radius 1 is 1.04 bits per heavy atom. The van der Waals surface area contributed by atoms with Crippen LogP contribution in [0.4, 0.5) is 13.2 Å². The van der Waals surface area contributed by atoms with Crippen molar-refractivity contribution >= 4 is 5.91 Å². The molecule has 0 unspecified atom stereocenters. The monoisotopic (exact) mass is 321 g/mol. The second-order valence-electron chi connectivity index (χ2n) is 5.62. The van der Waals surface area contributed by atoms with Gasteiger partial charge < -0.3 is 5.32 Å². The van der Waals surface area contributed by atoms with E-state index in [4.69, 9.17) is 0 Å². The van der Waals surface area contributed by atoms with E-state index < -0.39 is 17.6 Å². The van der Waals surface area contributed by atoms with Gasteiger partial charge in [-0.25, -0.2) is 0 Å². The predicted octanol–water partition coefficient (Wildman–Crippen LogP) is 4.76. The maximum Gasteiger partial charge on any atom is 0.417 e. The third-order valence-corrected chi connectivity index (χ3v) is 3.58. The number of hydrogen-bond acceptors (Lipinski definition) is 1. The zero-order valence-corrected chi connectivity index (χ0v) is 12.9. The number of benzene rings is 2. The maximum atomic E-state index is 12.9. The molecule has 5 heteroatoms. The van der Waals surface area contributed by atoms with Gasteiger partial charge in [0.15, 0.2) is 0 Å². The molecule has 2 rings (SSSR count). The Morgan fingerprint density at radius 2 is 1.65 bits per heavy atom. The molecule has 0 bridgehead atoms. The average molecular weight is 321 g/mol. The van der Waals surface area contributed by atoms with Gasteiger partial charge in [-0.15, -0.1) is 0 Å². The van der Waals surface area contributed by atoms with Gasteiger partial charge in [-0.05, 0) is 29.2 Å². The third-order valence-electron chi connectivity index (χ3n) is 3.58. The number of alkyl halides is 3. The number of nitrogens with one attached hydrogen (secondary N) is 1. The SMILES string of the molecule is CC(C)c1ccc(CNC(=O)c2ccccc2C(F)(F)F)cc1. The maximum absolute atomic E-state index is 12.9. The third kappa shape index (κ3) is 4.34. The van der Waals surface area contributed by atoms with E-state index in [-0.39, 0.29) is 12.1 Å². The summed E-state index contributed by atoms with van der Waals surface area (Å²) in [5.41, 5.74) is 0.723. The Morgan fingerprint density at radius 3 is 2.22 bits per heavy atom. The smallest absolute Gasteiger partial charge is 0.348 e. The first kappa shape index (κ1) is 17.1. The molecule has 0 atom stereocenters. The summed E-state index contributed by atoms with van der Waals surface area (Å²) >= 11 is 0. The Bertz CT molecular complexity index is 675. The van der Waals surface area contributed by atoms with Crippen LogP contribution in [0.1, 0.15) is 46.8 Å². The average Bonchev–Trinajstić information content (AvgIpc) is 2.52. The highest BCUT2D eigenvalue weighted by Gasteiger charge is 2.34. The molecule has 0 saturated carbocycles. The molecule has 23 heavy (non-hydrogen) atoms. The normalized spacial score (nSPS) is 11.6. The molecule has 0 fully saturated rings. The highest BCUT2D eigenvalue weighted by Crippen LogP contribution is 2.31. The van der Waals surface area contributed by atoms with Gasteiger partial charge in [-0.1, -0.05) is 50.2 Å². The van der Waals surface area contributed by atoms with E-state index in [2.05, 4.69) is 19.2 Å². The molecule has 0 heterocycles. The Labute approximate surface area is 133 Å². The van der Waals surface area contributed by atoms with Crippen LogP contribution in [-0.4, -0.2) is 5.91 Å². The number of carbonyl (C=O) groups excluding carboxylic acids is 1. The number of carbonyl (C=O) groups is 1. The Hall–Kier alpha value is -2.30. The van der Waals surface area contributed by atoms with Crippen molar-refractivity contribution in [1.29, 1.82) is 0 Å². The van der Waals surface area contributed by atoms with Crippen LogP contribution in [0.15, 0.2) is 48.5 Å². The summed E-state index contributed by atoms with van der Waals surface area (Å²) in [6, 6.07) is 12.4. The lowest BCUT2D eigenvalue weighted by Gasteiger charge is -2.13. The highest BCUT2D eigenvalue weighted by molar-refractivity contribution is 5.95. The molecule has 1 amide bonds. The number of rotatable bonds is 4. The van der Waals surface area contributed by atoms with Gasteiger partial charge in [0.2, 0.25) is 0 Å². The predicted molar refractivity (Wildman–Crippen MR) is 83.1 cm³/mol. The lowest BCUT2D eigenvalue weighted by molar-refractivity contribution is -0.137. The van der Waals surface area contributed by atoms with Crippen LogP contribution >= 0.6 is 0 Å². The minimum absolute atomic E-state index is 0.184. The molecule has 2 nitrogen and oxygen atoms in total. The van der Waals surface area contributed by atoms with Crippen LogP contribution in [0.2, 0.25) is 0 Å². The van der Waals surface area contributed by atoms with Crippen LogP contribution in [0.5, 0.6) is 0 Å². The van der Waals surface area contributed by atoms with Crippen LogP contribution in [0.3, 0.4) is 0 Å². The zero-order chi connectivity index (χ0) is 17.0. The topological polar surface area (TPSA) is 29.1 Å². The Balaban J connectivity index is 2.08. The van der Waals surface area contributed by atoms with Crippen LogP contribution in [0, 0.1) is 0 Å². The summed E-state index contributed by atoms with van der Waals surface area (Å²) in [7, 11) is 0. The fraction of sp³-hybridized carbons (Fsp3) is 0.278. The Kier molecular flexibility index (Phi) is 5.08. The first-order valence-corrected chi connectivity index (χ1v) is 7.32. The molecule has 0 aliphatic heterocycles. The molecular weight excluding hydrogens is 303 g/mol. The standard InChI is InChI=1S/C18H18F3NO/c1-12(2)14-9-7-13(8-10-14)11-22-17(23)15-5-3-4-6-16(15)18(19,20)21/h3-10,12H,11H2,1-2H3,(H,22,23). The van der Waals surface area contributed by atoms with Gasteiger partial charge in [0, 0.05) is 6.54 Å². The first-order valence-electron chi connectivity index (χ1n) is 7.32. The van der Waals surface area contributed by atoms with E-state index in [1.807, 2.05) is 24.3 Å². The summed E-state index contributed by atoms with van der Waals surface area (Å²) < 4.78 is 38.7. The van der Waals surface area contributed by atoms with Crippen molar-refractivity contribution in [3.8, 4) is 0 Å². The van der Waals surface area contributed by atoms with Crippen molar-refractivity contribution in [2.45, 2.75) is 32.5 Å². The summed E-state index contributed by atoms with van der Waals surface area (Å²) in [6.07, 6.45) is -4.55. The molecule has 0 aliphatic rings. The molecule has 0 spiro atoms. The quantitative estimate of drug-likeness (QED) is 0.864. The summed E-state index contributed by atoms with van der Waals surface area (Å²) in [5, 5.41) is 2.54. The molecule has 0 saturated heterocycles. The fourth-order valence-electron chi connectivity index (χ4n) is 2.23. The van der Waals surface area contributed by atoms with Crippen LogP contribution in [-0.2, 0) is 12.7 Å². The van der Waals surface area contributed by atoms with Crippen molar-refractivity contribution in [2.75, 3.05) is 0 Å². The number of amides is 1. The second-order valence-corrected chi connectivity index (χ2v) is 5.62. The number of halogens is 3. The van der Waals surface area contributed by atoms with E-state index >= 15 is 0 Å². The van der Waals surface area contributed by atoms with Crippen LogP contribution < -0.4 is 5.32 Å². The van der Waals surface area contributed by atoms with Crippen LogP contribution in [0.25, 0.3) is 0 Å². The van der Waals surface area contributed by atoms with Crippen molar-refractivity contribution in [1.82, 2.24) is 5.32 Å². The van der Waals surface area contributed by atoms with Crippen molar-refractivity contribution in [3.05, 3.63) is 70.8 Å². The van der Waals surface area contributed by atoms with Gasteiger partial charge >= 0.3 is 6.18 Å². The molecule has 0 radical (unpaired) electrons. The molecule has 122 valence electrons. The lowest BCUT2D eigenvalue weighted by Crippen LogP contribution is -2.25. The van der Waals surface area contributed by atoms with Crippen molar-refractivity contribution < 1.29 is 18.0 Å².